The summed E-state index contributed by atoms with van der Waals surface area (Å²) in [7, 11) is 1.51. The Kier molecular flexibility index (Phi) is 10.00. The topological polar surface area (TPSA) is 176 Å². The van der Waals surface area contributed by atoms with Crippen molar-refractivity contribution < 1.29 is 38.5 Å². The summed E-state index contributed by atoms with van der Waals surface area (Å²) in [6, 6.07) is 3.24. The predicted molar refractivity (Wildman–Crippen MR) is 178 cm³/mol. The van der Waals surface area contributed by atoms with Crippen LogP contribution in [-0.4, -0.2) is 82.4 Å². The molecule has 3 amide bonds. The number of carboxylic acid groups (broad SMARTS) is 1. The number of ether oxygens (including phenoxy) is 3. The molecular formula is C34H41BrN4O9. The zero-order chi connectivity index (χ0) is 34.0. The molecule has 1 saturated heterocycles. The number of carbonyl (C=O) groups is 4. The average Bonchev–Trinajstić information content (AvgIpc) is 3.33. The number of aliphatic carboxylic acids is 1. The number of pyridine rings is 1. The number of rotatable bonds is 6. The van der Waals surface area contributed by atoms with Crippen molar-refractivity contribution in [2.75, 3.05) is 13.7 Å². The fourth-order valence-electron chi connectivity index (χ4n) is 7.17. The maximum atomic E-state index is 14.0. The first-order valence-electron chi connectivity index (χ1n) is 16.6. The molecule has 2 aliphatic carbocycles. The first-order valence-corrected chi connectivity index (χ1v) is 17.4. The van der Waals surface area contributed by atoms with Gasteiger partial charge in [-0.3, -0.25) is 14.4 Å². The molecule has 3 heterocycles. The lowest BCUT2D eigenvalue weighted by molar-refractivity contribution is -0.145. The zero-order valence-corrected chi connectivity index (χ0v) is 28.4. The van der Waals surface area contributed by atoms with Crippen LogP contribution in [-0.2, 0) is 19.1 Å². The summed E-state index contributed by atoms with van der Waals surface area (Å²) in [5, 5.41) is 16.3. The zero-order valence-electron chi connectivity index (χ0n) is 26.8. The van der Waals surface area contributed by atoms with Crippen LogP contribution in [0.25, 0.3) is 10.9 Å². The van der Waals surface area contributed by atoms with E-state index < -0.39 is 47.3 Å². The van der Waals surface area contributed by atoms with Gasteiger partial charge in [0.15, 0.2) is 0 Å². The van der Waals surface area contributed by atoms with E-state index in [9.17, 15) is 29.1 Å². The highest BCUT2D eigenvalue weighted by Crippen LogP contribution is 2.45. The monoisotopic (exact) mass is 728 g/mol. The highest BCUT2D eigenvalue weighted by molar-refractivity contribution is 9.10. The molecule has 14 heteroatoms. The molecule has 0 bridgehead atoms. The molecular weight excluding hydrogens is 688 g/mol. The lowest BCUT2D eigenvalue weighted by atomic mass is 10.0. The van der Waals surface area contributed by atoms with Crippen LogP contribution in [0.5, 0.6) is 11.5 Å². The highest BCUT2D eigenvalue weighted by Gasteiger charge is 2.61. The molecule has 0 unspecified atom stereocenters. The van der Waals surface area contributed by atoms with Gasteiger partial charge < -0.3 is 39.8 Å². The number of nitrogens with zero attached hydrogens (tertiary/aromatic N) is 1. The molecule has 5 atom stereocenters. The number of aromatic amines is 1. The van der Waals surface area contributed by atoms with Crippen LogP contribution in [0.2, 0.25) is 0 Å². The third-order valence-electron chi connectivity index (χ3n) is 9.88. The van der Waals surface area contributed by atoms with Crippen molar-refractivity contribution in [1.82, 2.24) is 20.5 Å². The minimum Gasteiger partial charge on any atom is -0.495 e. The number of hydrogen-bond donors (Lipinski definition) is 4. The Morgan fingerprint density at radius 3 is 2.58 bits per heavy atom. The number of amides is 3. The maximum Gasteiger partial charge on any atom is 0.407 e. The van der Waals surface area contributed by atoms with Gasteiger partial charge in [-0.05, 0) is 79.4 Å². The third-order valence-corrected chi connectivity index (χ3v) is 10.7. The van der Waals surface area contributed by atoms with E-state index in [1.165, 1.54) is 18.1 Å². The number of H-pyrrole nitrogens is 1. The van der Waals surface area contributed by atoms with Crippen molar-refractivity contribution >= 4 is 50.7 Å². The molecule has 4 N–H and O–H groups in total. The molecule has 2 saturated carbocycles. The second-order valence-electron chi connectivity index (χ2n) is 13.2. The van der Waals surface area contributed by atoms with Crippen molar-refractivity contribution in [2.45, 2.75) is 100 Å². The van der Waals surface area contributed by atoms with Crippen LogP contribution in [0.15, 0.2) is 39.6 Å². The summed E-state index contributed by atoms with van der Waals surface area (Å²) in [6.07, 6.45) is 9.09. The Bertz CT molecular complexity index is 1670. The lowest BCUT2D eigenvalue weighted by Gasteiger charge is -2.27. The lowest BCUT2D eigenvalue weighted by Crippen LogP contribution is -2.53. The fraction of sp³-hybridized carbons (Fsp3) is 0.559. The highest BCUT2D eigenvalue weighted by atomic mass is 79.9. The maximum absolute atomic E-state index is 14.0. The minimum atomic E-state index is -1.44. The molecule has 258 valence electrons. The fourth-order valence-corrected chi connectivity index (χ4v) is 7.78. The number of nitrogens with one attached hydrogen (secondary N) is 3. The second-order valence-corrected chi connectivity index (χ2v) is 14.0. The van der Waals surface area contributed by atoms with Gasteiger partial charge >= 0.3 is 12.1 Å². The summed E-state index contributed by atoms with van der Waals surface area (Å²) in [4.78, 5) is 69.9. The van der Waals surface area contributed by atoms with Gasteiger partial charge in [0.25, 0.3) is 5.56 Å². The molecule has 2 aromatic rings. The van der Waals surface area contributed by atoms with E-state index >= 15 is 0 Å². The summed E-state index contributed by atoms with van der Waals surface area (Å²) < 4.78 is 17.9. The first-order chi connectivity index (χ1) is 23.1. The van der Waals surface area contributed by atoms with E-state index in [1.54, 1.807) is 12.1 Å². The number of methoxy groups -OCH3 is 1. The SMILES string of the molecule is COc1ccc2c(O[C@@H]3C[C@H]4C(=O)N[C@]5(C(=O)O)C[C@H]5/C=C\CCCC[C@H](NC(=O)OC5CCCC5)CC(=O)N4C3)cc(=O)[nH]c2c1Br. The van der Waals surface area contributed by atoms with Crippen LogP contribution in [0.3, 0.4) is 0 Å². The average molecular weight is 730 g/mol. The smallest absolute Gasteiger partial charge is 0.407 e. The summed E-state index contributed by atoms with van der Waals surface area (Å²) in [6.45, 7) is 0.0190. The standard InChI is InChI=1S/C34H41BrN4O9/c1-46-25-13-12-23-26(16-27(40)37-30(23)29(25)35)47-22-15-24-31(42)38-34(32(43)44)17-19(34)8-4-2-3-5-9-20(14-28(41)39(24)18-22)36-33(45)48-21-10-6-7-11-21/h4,8,12-13,16,19-22,24H,2-3,5-7,9-11,14-15,17-18H2,1H3,(H,36,45)(H,37,40)(H,38,42)(H,43,44)/b8-4-/t19-,20+,22-,24+,34-/m1/s1. The van der Waals surface area contributed by atoms with Crippen LogP contribution >= 0.6 is 15.9 Å². The van der Waals surface area contributed by atoms with E-state index in [1.807, 2.05) is 12.2 Å². The van der Waals surface area contributed by atoms with E-state index in [0.29, 0.717) is 34.0 Å². The number of alkyl carbamates (subject to hydrolysis) is 1. The van der Waals surface area contributed by atoms with Gasteiger partial charge in [0, 0.05) is 36.3 Å². The van der Waals surface area contributed by atoms with E-state index in [0.717, 1.165) is 38.5 Å². The number of allylic oxidation sites excluding steroid dienone is 1. The number of carboxylic acids is 1. The van der Waals surface area contributed by atoms with Gasteiger partial charge in [0.05, 0.1) is 23.6 Å². The molecule has 1 aromatic carbocycles. The molecule has 13 nitrogen and oxygen atoms in total. The van der Waals surface area contributed by atoms with Crippen molar-refractivity contribution in [3.05, 3.63) is 45.2 Å². The predicted octanol–water partition coefficient (Wildman–Crippen LogP) is 4.16. The second kappa shape index (κ2) is 14.2. The van der Waals surface area contributed by atoms with Gasteiger partial charge in [-0.1, -0.05) is 18.6 Å². The summed E-state index contributed by atoms with van der Waals surface area (Å²) in [5.41, 5.74) is -1.39. The molecule has 4 aliphatic rings. The van der Waals surface area contributed by atoms with Gasteiger partial charge in [0.1, 0.15) is 35.3 Å². The molecule has 48 heavy (non-hydrogen) atoms. The Morgan fingerprint density at radius 2 is 1.83 bits per heavy atom. The third kappa shape index (κ3) is 7.18. The van der Waals surface area contributed by atoms with Gasteiger partial charge in [-0.15, -0.1) is 0 Å². The number of hydrogen-bond acceptors (Lipinski definition) is 8. The van der Waals surface area contributed by atoms with Crippen LogP contribution < -0.4 is 25.7 Å². The van der Waals surface area contributed by atoms with Gasteiger partial charge in [-0.2, -0.15) is 0 Å². The van der Waals surface area contributed by atoms with Crippen LogP contribution in [0.4, 0.5) is 4.79 Å². The van der Waals surface area contributed by atoms with E-state index in [-0.39, 0.29) is 49.5 Å². The molecule has 0 radical (unpaired) electrons. The first kappa shape index (κ1) is 33.8. The molecule has 1 aromatic heterocycles. The number of fused-ring (bicyclic) bond motifs is 3. The van der Waals surface area contributed by atoms with Crippen LogP contribution in [0, 0.1) is 5.92 Å². The van der Waals surface area contributed by atoms with Gasteiger partial charge in [0.2, 0.25) is 11.8 Å². The number of aromatic nitrogens is 1. The molecule has 0 spiro atoms. The number of benzene rings is 1. The summed E-state index contributed by atoms with van der Waals surface area (Å²) >= 11 is 3.47. The van der Waals surface area contributed by atoms with E-state index in [4.69, 9.17) is 14.2 Å². The number of halogens is 1. The van der Waals surface area contributed by atoms with Crippen molar-refractivity contribution in [2.24, 2.45) is 5.92 Å². The molecule has 2 aliphatic heterocycles. The number of carbonyl (C=O) groups excluding carboxylic acids is 3. The summed E-state index contributed by atoms with van der Waals surface area (Å²) in [5.74, 6) is -1.67. The Morgan fingerprint density at radius 1 is 1.06 bits per heavy atom. The Labute approximate surface area is 285 Å². The quantitative estimate of drug-likeness (QED) is 0.318. The molecule has 6 rings (SSSR count). The van der Waals surface area contributed by atoms with Crippen LogP contribution in [0.1, 0.15) is 70.6 Å². The van der Waals surface area contributed by atoms with E-state index in [2.05, 4.69) is 31.5 Å². The normalized spacial score (nSPS) is 28.8. The largest absolute Gasteiger partial charge is 0.495 e. The Balaban J connectivity index is 1.26. The van der Waals surface area contributed by atoms with Crippen molar-refractivity contribution in [3.8, 4) is 11.5 Å². The molecule has 3 fully saturated rings. The van der Waals surface area contributed by atoms with Crippen molar-refractivity contribution in [1.29, 1.82) is 0 Å². The van der Waals surface area contributed by atoms with Crippen molar-refractivity contribution in [3.63, 3.8) is 0 Å². The Hall–Kier alpha value is -4.07. The minimum absolute atomic E-state index is 0.0190. The van der Waals surface area contributed by atoms with Gasteiger partial charge in [-0.25, -0.2) is 9.59 Å².